The van der Waals surface area contributed by atoms with E-state index in [4.69, 9.17) is 21.1 Å². The standard InChI is InChI=1S/C17H11ClFN3O2/c18-15-8-16(20-12-4-5-13-14(7-12)24-9-23-13)22-17(21-15)10-2-1-3-11(19)6-10/h1-8H,9H2,(H,20,21,22). The maximum atomic E-state index is 13.4. The Labute approximate surface area is 142 Å². The van der Waals surface area contributed by atoms with E-state index in [2.05, 4.69) is 15.3 Å². The Bertz CT molecular complexity index is 920. The van der Waals surface area contributed by atoms with Crippen LogP contribution in [-0.4, -0.2) is 16.8 Å². The highest BCUT2D eigenvalue weighted by Crippen LogP contribution is 2.35. The molecule has 0 aliphatic carbocycles. The van der Waals surface area contributed by atoms with Gasteiger partial charge in [0, 0.05) is 23.4 Å². The van der Waals surface area contributed by atoms with E-state index in [1.165, 1.54) is 12.1 Å². The first-order chi connectivity index (χ1) is 11.7. The monoisotopic (exact) mass is 343 g/mol. The fourth-order valence-electron chi connectivity index (χ4n) is 2.36. The first kappa shape index (κ1) is 14.7. The first-order valence-corrected chi connectivity index (χ1v) is 7.52. The van der Waals surface area contributed by atoms with Crippen LogP contribution in [0.2, 0.25) is 5.15 Å². The van der Waals surface area contributed by atoms with Crippen molar-refractivity contribution in [3.8, 4) is 22.9 Å². The van der Waals surface area contributed by atoms with Crippen molar-refractivity contribution in [1.29, 1.82) is 0 Å². The highest BCUT2D eigenvalue weighted by Gasteiger charge is 2.14. The summed E-state index contributed by atoms with van der Waals surface area (Å²) in [5.74, 6) is 1.83. The molecular weight excluding hydrogens is 333 g/mol. The molecule has 3 aromatic rings. The number of ether oxygens (including phenoxy) is 2. The third kappa shape index (κ3) is 2.96. The van der Waals surface area contributed by atoms with E-state index in [1.54, 1.807) is 30.3 Å². The van der Waals surface area contributed by atoms with Gasteiger partial charge in [0.1, 0.15) is 16.8 Å². The van der Waals surface area contributed by atoms with Crippen LogP contribution >= 0.6 is 11.6 Å². The fraction of sp³-hybridized carbons (Fsp3) is 0.0588. The van der Waals surface area contributed by atoms with Crippen molar-refractivity contribution in [3.05, 3.63) is 59.5 Å². The Balaban J connectivity index is 1.66. The molecular formula is C17H11ClFN3O2. The van der Waals surface area contributed by atoms with Crippen molar-refractivity contribution in [1.82, 2.24) is 9.97 Å². The van der Waals surface area contributed by atoms with Crippen LogP contribution in [0.3, 0.4) is 0 Å². The van der Waals surface area contributed by atoms with Crippen LogP contribution in [-0.2, 0) is 0 Å². The molecule has 1 aliphatic rings. The van der Waals surface area contributed by atoms with E-state index in [9.17, 15) is 4.39 Å². The Hall–Kier alpha value is -2.86. The molecule has 0 radical (unpaired) electrons. The molecule has 1 N–H and O–H groups in total. The third-order valence-corrected chi connectivity index (χ3v) is 3.62. The summed E-state index contributed by atoms with van der Waals surface area (Å²) >= 11 is 6.07. The minimum Gasteiger partial charge on any atom is -0.454 e. The Morgan fingerprint density at radius 2 is 1.88 bits per heavy atom. The maximum Gasteiger partial charge on any atom is 0.231 e. The maximum absolute atomic E-state index is 13.4. The van der Waals surface area contributed by atoms with Gasteiger partial charge in [0.05, 0.1) is 0 Å². The number of benzene rings is 2. The molecule has 0 unspecified atom stereocenters. The number of hydrogen-bond donors (Lipinski definition) is 1. The number of nitrogens with one attached hydrogen (secondary N) is 1. The summed E-state index contributed by atoms with van der Waals surface area (Å²) in [6.07, 6.45) is 0. The van der Waals surface area contributed by atoms with E-state index in [-0.39, 0.29) is 17.8 Å². The zero-order chi connectivity index (χ0) is 16.5. The van der Waals surface area contributed by atoms with Crippen molar-refractivity contribution in [2.75, 3.05) is 12.1 Å². The first-order valence-electron chi connectivity index (χ1n) is 7.14. The van der Waals surface area contributed by atoms with Gasteiger partial charge in [-0.3, -0.25) is 0 Å². The SMILES string of the molecule is Fc1cccc(-c2nc(Cl)cc(Nc3ccc4c(c3)OCO4)n2)c1. The number of aromatic nitrogens is 2. The molecule has 24 heavy (non-hydrogen) atoms. The normalized spacial score (nSPS) is 12.2. The summed E-state index contributed by atoms with van der Waals surface area (Å²) in [5.41, 5.74) is 1.31. The summed E-state index contributed by atoms with van der Waals surface area (Å²) in [7, 11) is 0. The minimum atomic E-state index is -0.360. The molecule has 4 rings (SSSR count). The summed E-state index contributed by atoms with van der Waals surface area (Å²) in [4.78, 5) is 8.54. The van der Waals surface area contributed by atoms with Crippen molar-refractivity contribution in [2.45, 2.75) is 0 Å². The predicted molar refractivity (Wildman–Crippen MR) is 88.3 cm³/mol. The average molecular weight is 344 g/mol. The second-order valence-electron chi connectivity index (χ2n) is 5.10. The van der Waals surface area contributed by atoms with Gasteiger partial charge in [0.2, 0.25) is 6.79 Å². The zero-order valence-electron chi connectivity index (χ0n) is 12.3. The van der Waals surface area contributed by atoms with Gasteiger partial charge < -0.3 is 14.8 Å². The molecule has 1 aliphatic heterocycles. The van der Waals surface area contributed by atoms with Crippen LogP contribution in [0.4, 0.5) is 15.9 Å². The number of fused-ring (bicyclic) bond motifs is 1. The second kappa shape index (κ2) is 5.98. The van der Waals surface area contributed by atoms with Gasteiger partial charge in [0.25, 0.3) is 0 Å². The smallest absolute Gasteiger partial charge is 0.231 e. The highest BCUT2D eigenvalue weighted by atomic mass is 35.5. The Kier molecular flexibility index (Phi) is 3.66. The van der Waals surface area contributed by atoms with Crippen LogP contribution < -0.4 is 14.8 Å². The lowest BCUT2D eigenvalue weighted by atomic mass is 10.2. The fourth-order valence-corrected chi connectivity index (χ4v) is 2.54. The lowest BCUT2D eigenvalue weighted by molar-refractivity contribution is 0.174. The molecule has 0 fully saturated rings. The summed E-state index contributed by atoms with van der Waals surface area (Å²) in [5, 5.41) is 3.39. The van der Waals surface area contributed by atoms with E-state index < -0.39 is 0 Å². The number of rotatable bonds is 3. The van der Waals surface area contributed by atoms with Crippen LogP contribution in [0.5, 0.6) is 11.5 Å². The lowest BCUT2D eigenvalue weighted by Gasteiger charge is -2.09. The quantitative estimate of drug-likeness (QED) is 0.714. The molecule has 2 aromatic carbocycles. The summed E-state index contributed by atoms with van der Waals surface area (Å²) in [6.45, 7) is 0.210. The number of halogens is 2. The molecule has 0 bridgehead atoms. The van der Waals surface area contributed by atoms with Crippen LogP contribution in [0.1, 0.15) is 0 Å². The van der Waals surface area contributed by atoms with Gasteiger partial charge in [0.15, 0.2) is 17.3 Å². The van der Waals surface area contributed by atoms with Gasteiger partial charge in [-0.2, -0.15) is 0 Å². The molecule has 0 saturated heterocycles. The van der Waals surface area contributed by atoms with E-state index in [0.29, 0.717) is 28.7 Å². The molecule has 120 valence electrons. The molecule has 0 saturated carbocycles. The Morgan fingerprint density at radius 1 is 1.00 bits per heavy atom. The second-order valence-corrected chi connectivity index (χ2v) is 5.49. The topological polar surface area (TPSA) is 56.3 Å². The van der Waals surface area contributed by atoms with Crippen molar-refractivity contribution >= 4 is 23.1 Å². The van der Waals surface area contributed by atoms with Crippen LogP contribution in [0.25, 0.3) is 11.4 Å². The lowest BCUT2D eigenvalue weighted by Crippen LogP contribution is -1.98. The highest BCUT2D eigenvalue weighted by molar-refractivity contribution is 6.29. The van der Waals surface area contributed by atoms with Crippen LogP contribution in [0, 0.1) is 5.82 Å². The Morgan fingerprint density at radius 3 is 2.75 bits per heavy atom. The van der Waals surface area contributed by atoms with Gasteiger partial charge in [-0.25, -0.2) is 14.4 Å². The largest absolute Gasteiger partial charge is 0.454 e. The van der Waals surface area contributed by atoms with Gasteiger partial charge in [-0.15, -0.1) is 0 Å². The number of nitrogens with zero attached hydrogens (tertiary/aromatic N) is 2. The summed E-state index contributed by atoms with van der Waals surface area (Å²) < 4.78 is 24.0. The molecule has 0 spiro atoms. The number of hydrogen-bond acceptors (Lipinski definition) is 5. The number of anilines is 2. The molecule has 5 nitrogen and oxygen atoms in total. The molecule has 2 heterocycles. The minimum absolute atomic E-state index is 0.210. The van der Waals surface area contributed by atoms with E-state index in [1.807, 2.05) is 6.07 Å². The molecule has 0 atom stereocenters. The van der Waals surface area contributed by atoms with Crippen molar-refractivity contribution in [2.24, 2.45) is 0 Å². The van der Waals surface area contributed by atoms with Gasteiger partial charge >= 0.3 is 0 Å². The molecule has 0 amide bonds. The van der Waals surface area contributed by atoms with Crippen LogP contribution in [0.15, 0.2) is 48.5 Å². The van der Waals surface area contributed by atoms with E-state index in [0.717, 1.165) is 5.69 Å². The summed E-state index contributed by atoms with van der Waals surface area (Å²) in [6, 6.07) is 13.1. The predicted octanol–water partition coefficient (Wildman–Crippen LogP) is 4.41. The van der Waals surface area contributed by atoms with Crippen molar-refractivity contribution < 1.29 is 13.9 Å². The van der Waals surface area contributed by atoms with Gasteiger partial charge in [-0.05, 0) is 24.3 Å². The molecule has 1 aromatic heterocycles. The van der Waals surface area contributed by atoms with Crippen molar-refractivity contribution in [3.63, 3.8) is 0 Å². The average Bonchev–Trinajstić information content (AvgIpc) is 3.02. The van der Waals surface area contributed by atoms with Gasteiger partial charge in [-0.1, -0.05) is 23.7 Å². The zero-order valence-corrected chi connectivity index (χ0v) is 13.0. The third-order valence-electron chi connectivity index (χ3n) is 3.42. The van der Waals surface area contributed by atoms with E-state index >= 15 is 0 Å². The molecule has 7 heteroatoms.